The molecule has 2 aromatic heterocycles. The van der Waals surface area contributed by atoms with E-state index in [-0.39, 0.29) is 11.8 Å². The fourth-order valence-electron chi connectivity index (χ4n) is 3.01. The van der Waals surface area contributed by atoms with E-state index in [2.05, 4.69) is 20.4 Å². The second kappa shape index (κ2) is 4.91. The van der Waals surface area contributed by atoms with Gasteiger partial charge in [0.2, 0.25) is 11.8 Å². The number of carbonyl (C=O) groups excluding carboxylic acids is 1. The fourth-order valence-corrected chi connectivity index (χ4v) is 4.04. The van der Waals surface area contributed by atoms with Gasteiger partial charge in [-0.3, -0.25) is 10.1 Å². The van der Waals surface area contributed by atoms with Crippen LogP contribution in [0.25, 0.3) is 0 Å². The van der Waals surface area contributed by atoms with Crippen LogP contribution >= 0.6 is 11.8 Å². The topological polar surface area (TPSA) is 83.8 Å². The van der Waals surface area contributed by atoms with Gasteiger partial charge in [-0.2, -0.15) is 11.8 Å². The highest BCUT2D eigenvalue weighted by atomic mass is 32.2. The molecular formula is C14H16N4O2S. The maximum Gasteiger partial charge on any atom is 0.235 e. The van der Waals surface area contributed by atoms with Gasteiger partial charge in [-0.1, -0.05) is 5.16 Å². The van der Waals surface area contributed by atoms with Crippen molar-refractivity contribution in [1.82, 2.24) is 15.1 Å². The van der Waals surface area contributed by atoms with Crippen molar-refractivity contribution in [2.75, 3.05) is 5.32 Å². The summed E-state index contributed by atoms with van der Waals surface area (Å²) in [7, 11) is 0. The number of hydrogen-bond acceptors (Lipinski definition) is 5. The third-order valence-electron chi connectivity index (χ3n) is 4.13. The molecule has 6 nitrogen and oxygen atoms in total. The number of fused-ring (bicyclic) bond motifs is 2. The van der Waals surface area contributed by atoms with E-state index in [9.17, 15) is 4.79 Å². The molecule has 3 heterocycles. The molecule has 4 rings (SSSR count). The summed E-state index contributed by atoms with van der Waals surface area (Å²) in [5.74, 6) is 3.17. The van der Waals surface area contributed by atoms with Gasteiger partial charge in [0.25, 0.3) is 0 Å². The number of anilines is 1. The minimum absolute atomic E-state index is 0.0174. The highest BCUT2D eigenvalue weighted by Gasteiger charge is 2.29. The number of hydrogen-bond donors (Lipinski definition) is 2. The molecule has 0 radical (unpaired) electrons. The van der Waals surface area contributed by atoms with Crippen molar-refractivity contribution in [3.8, 4) is 0 Å². The first-order valence-electron chi connectivity index (χ1n) is 7.11. The molecule has 7 heteroatoms. The SMILES string of the molecule is Cc1nc2c([nH]1)CC(C(=O)Nc1onc3c1CSC3)CC2. The van der Waals surface area contributed by atoms with Gasteiger partial charge < -0.3 is 9.51 Å². The minimum atomic E-state index is -0.0350. The maximum atomic E-state index is 12.4. The van der Waals surface area contributed by atoms with E-state index in [1.54, 1.807) is 11.8 Å². The van der Waals surface area contributed by atoms with Crippen LogP contribution in [-0.2, 0) is 29.1 Å². The predicted molar refractivity (Wildman–Crippen MR) is 79.0 cm³/mol. The molecule has 2 aromatic rings. The van der Waals surface area contributed by atoms with E-state index in [1.807, 2.05) is 6.92 Å². The van der Waals surface area contributed by atoms with Crippen molar-refractivity contribution in [2.24, 2.45) is 5.92 Å². The number of nitrogens with zero attached hydrogens (tertiary/aromatic N) is 2. The van der Waals surface area contributed by atoms with Crippen LogP contribution in [-0.4, -0.2) is 21.0 Å². The lowest BCUT2D eigenvalue weighted by Gasteiger charge is -2.19. The van der Waals surface area contributed by atoms with E-state index >= 15 is 0 Å². The molecule has 1 amide bonds. The molecule has 1 aliphatic heterocycles. The Balaban J connectivity index is 1.48. The smallest absolute Gasteiger partial charge is 0.235 e. The standard InChI is InChI=1S/C14H16N4O2S/c1-7-15-10-3-2-8(4-11(10)16-7)13(19)17-14-9-5-21-6-12(9)18-20-14/h8H,2-6H2,1H3,(H,15,16)(H,17,19). The van der Waals surface area contributed by atoms with Gasteiger partial charge in [-0.25, -0.2) is 4.98 Å². The van der Waals surface area contributed by atoms with Crippen LogP contribution in [0.1, 0.15) is 34.9 Å². The Bertz CT molecular complexity index is 706. The van der Waals surface area contributed by atoms with Crippen molar-refractivity contribution in [1.29, 1.82) is 0 Å². The summed E-state index contributed by atoms with van der Waals surface area (Å²) in [4.78, 5) is 20.1. The van der Waals surface area contributed by atoms with Gasteiger partial charge in [0.1, 0.15) is 5.82 Å². The van der Waals surface area contributed by atoms with Crippen molar-refractivity contribution in [3.05, 3.63) is 28.5 Å². The molecular weight excluding hydrogens is 288 g/mol. The number of nitrogens with one attached hydrogen (secondary N) is 2. The summed E-state index contributed by atoms with van der Waals surface area (Å²) in [5.41, 5.74) is 4.21. The molecule has 1 atom stereocenters. The number of carbonyl (C=O) groups is 1. The molecule has 0 bridgehead atoms. The largest absolute Gasteiger partial charge is 0.346 e. The van der Waals surface area contributed by atoms with Gasteiger partial charge in [0.05, 0.1) is 17.0 Å². The van der Waals surface area contributed by atoms with Crippen molar-refractivity contribution >= 4 is 23.6 Å². The molecule has 21 heavy (non-hydrogen) atoms. The number of aromatic amines is 1. The van der Waals surface area contributed by atoms with Crippen molar-refractivity contribution in [3.63, 3.8) is 0 Å². The van der Waals surface area contributed by atoms with Crippen LogP contribution in [0.4, 0.5) is 5.88 Å². The molecule has 0 fully saturated rings. The summed E-state index contributed by atoms with van der Waals surface area (Å²) >= 11 is 1.79. The Morgan fingerprint density at radius 2 is 2.33 bits per heavy atom. The average molecular weight is 304 g/mol. The zero-order valence-corrected chi connectivity index (χ0v) is 12.5. The van der Waals surface area contributed by atoms with E-state index in [1.165, 1.54) is 0 Å². The number of aryl methyl sites for hydroxylation is 2. The summed E-state index contributed by atoms with van der Waals surface area (Å²) in [6.45, 7) is 1.95. The van der Waals surface area contributed by atoms with E-state index in [4.69, 9.17) is 4.52 Å². The molecule has 1 unspecified atom stereocenters. The Hall–Kier alpha value is -1.76. The van der Waals surface area contributed by atoms with E-state index in [0.717, 1.165) is 52.8 Å². The van der Waals surface area contributed by atoms with Crippen LogP contribution in [0.3, 0.4) is 0 Å². The van der Waals surface area contributed by atoms with Crippen LogP contribution in [0.2, 0.25) is 0 Å². The highest BCUT2D eigenvalue weighted by molar-refractivity contribution is 7.98. The minimum Gasteiger partial charge on any atom is -0.346 e. The Morgan fingerprint density at radius 1 is 1.43 bits per heavy atom. The highest BCUT2D eigenvalue weighted by Crippen LogP contribution is 2.35. The molecule has 2 N–H and O–H groups in total. The zero-order chi connectivity index (χ0) is 14.4. The maximum absolute atomic E-state index is 12.4. The first-order chi connectivity index (χ1) is 10.2. The van der Waals surface area contributed by atoms with Gasteiger partial charge in [-0.05, 0) is 19.8 Å². The van der Waals surface area contributed by atoms with Gasteiger partial charge in [0.15, 0.2) is 0 Å². The number of rotatable bonds is 2. The lowest BCUT2D eigenvalue weighted by atomic mass is 9.89. The van der Waals surface area contributed by atoms with E-state index < -0.39 is 0 Å². The first-order valence-corrected chi connectivity index (χ1v) is 8.26. The Kier molecular flexibility index (Phi) is 3.02. The van der Waals surface area contributed by atoms with Gasteiger partial charge >= 0.3 is 0 Å². The molecule has 0 saturated heterocycles. The van der Waals surface area contributed by atoms with E-state index in [0.29, 0.717) is 12.3 Å². The molecule has 0 spiro atoms. The summed E-state index contributed by atoms with van der Waals surface area (Å²) in [5, 5.41) is 6.92. The monoisotopic (exact) mass is 304 g/mol. The zero-order valence-electron chi connectivity index (χ0n) is 11.7. The molecule has 0 saturated carbocycles. The number of amides is 1. The fraction of sp³-hybridized carbons (Fsp3) is 0.500. The Morgan fingerprint density at radius 3 is 3.24 bits per heavy atom. The predicted octanol–water partition coefficient (Wildman–Crippen LogP) is 2.20. The lowest BCUT2D eigenvalue weighted by Crippen LogP contribution is -2.28. The first kappa shape index (κ1) is 12.9. The number of thioether (sulfide) groups is 1. The van der Waals surface area contributed by atoms with Crippen molar-refractivity contribution in [2.45, 2.75) is 37.7 Å². The second-order valence-corrected chi connectivity index (χ2v) is 6.59. The number of imidazole rings is 1. The summed E-state index contributed by atoms with van der Waals surface area (Å²) in [6, 6.07) is 0. The molecule has 0 aromatic carbocycles. The third-order valence-corrected chi connectivity index (χ3v) is 5.10. The normalized spacial score (nSPS) is 20.1. The number of H-pyrrole nitrogens is 1. The second-order valence-electron chi connectivity index (χ2n) is 5.61. The quantitative estimate of drug-likeness (QED) is 0.888. The van der Waals surface area contributed by atoms with Crippen LogP contribution < -0.4 is 5.32 Å². The molecule has 2 aliphatic rings. The average Bonchev–Trinajstić information content (AvgIpc) is 3.13. The van der Waals surface area contributed by atoms with Crippen LogP contribution in [0.5, 0.6) is 0 Å². The summed E-state index contributed by atoms with van der Waals surface area (Å²) < 4.78 is 5.26. The molecule has 1 aliphatic carbocycles. The van der Waals surface area contributed by atoms with Crippen molar-refractivity contribution < 1.29 is 9.32 Å². The van der Waals surface area contributed by atoms with Crippen LogP contribution in [0, 0.1) is 12.8 Å². The molecule has 110 valence electrons. The lowest BCUT2D eigenvalue weighted by molar-refractivity contribution is -0.120. The van der Waals surface area contributed by atoms with Crippen LogP contribution in [0.15, 0.2) is 4.52 Å². The van der Waals surface area contributed by atoms with Gasteiger partial charge in [0, 0.05) is 29.5 Å². The number of aromatic nitrogens is 3. The Labute approximate surface area is 126 Å². The summed E-state index contributed by atoms with van der Waals surface area (Å²) in [6.07, 6.45) is 2.39. The third kappa shape index (κ3) is 2.25. The van der Waals surface area contributed by atoms with Gasteiger partial charge in [-0.15, -0.1) is 0 Å².